The largest absolute Gasteiger partial charge is 0.399 e. The van der Waals surface area contributed by atoms with Crippen LogP contribution in [-0.4, -0.2) is 0 Å². The van der Waals surface area contributed by atoms with E-state index in [-0.39, 0.29) is 0 Å². The first kappa shape index (κ1) is 8.84. The van der Waals surface area contributed by atoms with Gasteiger partial charge in [-0.25, -0.2) is 0 Å². The van der Waals surface area contributed by atoms with Crippen LogP contribution in [0.4, 0.5) is 0 Å². The Bertz CT molecular complexity index is 209. The lowest BCUT2D eigenvalue weighted by Gasteiger charge is -1.95. The van der Waals surface area contributed by atoms with Gasteiger partial charge in [0.05, 0.1) is 0 Å². The van der Waals surface area contributed by atoms with Crippen molar-refractivity contribution in [2.45, 2.75) is 20.8 Å². The molecule has 0 aliphatic heterocycles. The maximum atomic E-state index is 5.60. The summed E-state index contributed by atoms with van der Waals surface area (Å²) in [5.41, 5.74) is 8.31. The standard InChI is InChI=1S/C9H13N/c1-5-8(4)6-9(10)7(2)3/h1,6H,10H2,2-4H3/b8-6-. The van der Waals surface area contributed by atoms with Crippen LogP contribution < -0.4 is 5.73 Å². The molecular weight excluding hydrogens is 122 g/mol. The summed E-state index contributed by atoms with van der Waals surface area (Å²) in [4.78, 5) is 0. The van der Waals surface area contributed by atoms with Crippen molar-refractivity contribution in [3.8, 4) is 12.3 Å². The first-order chi connectivity index (χ1) is 4.57. The number of nitrogens with two attached hydrogens (primary N) is 1. The van der Waals surface area contributed by atoms with Crippen LogP contribution in [0.5, 0.6) is 0 Å². The van der Waals surface area contributed by atoms with Crippen molar-refractivity contribution in [2.75, 3.05) is 0 Å². The Kier molecular flexibility index (Phi) is 3.35. The van der Waals surface area contributed by atoms with Crippen molar-refractivity contribution in [1.82, 2.24) is 0 Å². The molecule has 0 bridgehead atoms. The van der Waals surface area contributed by atoms with E-state index in [9.17, 15) is 0 Å². The summed E-state index contributed by atoms with van der Waals surface area (Å²) in [6, 6.07) is 0. The average Bonchev–Trinajstić information content (AvgIpc) is 1.87. The van der Waals surface area contributed by atoms with Crippen LogP contribution in [0.15, 0.2) is 22.9 Å². The molecule has 0 aromatic rings. The minimum atomic E-state index is 0.760. The zero-order valence-electron chi connectivity index (χ0n) is 6.73. The molecule has 0 saturated carbocycles. The van der Waals surface area contributed by atoms with Gasteiger partial charge in [-0.3, -0.25) is 0 Å². The minimum Gasteiger partial charge on any atom is -0.399 e. The highest BCUT2D eigenvalue weighted by atomic mass is 14.6. The van der Waals surface area contributed by atoms with Gasteiger partial charge in [0, 0.05) is 11.3 Å². The van der Waals surface area contributed by atoms with Crippen LogP contribution in [-0.2, 0) is 0 Å². The maximum Gasteiger partial charge on any atom is 0.0309 e. The van der Waals surface area contributed by atoms with Crippen LogP contribution in [0.25, 0.3) is 0 Å². The van der Waals surface area contributed by atoms with Crippen LogP contribution in [0.2, 0.25) is 0 Å². The minimum absolute atomic E-state index is 0.760. The molecule has 10 heavy (non-hydrogen) atoms. The molecule has 0 fully saturated rings. The number of rotatable bonds is 1. The third-order valence-electron chi connectivity index (χ3n) is 1.18. The molecule has 0 aromatic heterocycles. The van der Waals surface area contributed by atoms with Crippen LogP contribution in [0, 0.1) is 12.3 Å². The molecule has 0 rings (SSSR count). The van der Waals surface area contributed by atoms with Gasteiger partial charge in [0.25, 0.3) is 0 Å². The Morgan fingerprint density at radius 3 is 2.20 bits per heavy atom. The first-order valence-corrected chi connectivity index (χ1v) is 3.15. The lowest BCUT2D eigenvalue weighted by Crippen LogP contribution is -1.95. The van der Waals surface area contributed by atoms with Crippen molar-refractivity contribution >= 4 is 0 Å². The van der Waals surface area contributed by atoms with Crippen molar-refractivity contribution in [3.05, 3.63) is 22.9 Å². The monoisotopic (exact) mass is 135 g/mol. The third kappa shape index (κ3) is 2.99. The zero-order valence-corrected chi connectivity index (χ0v) is 6.73. The van der Waals surface area contributed by atoms with E-state index in [1.54, 1.807) is 6.08 Å². The maximum absolute atomic E-state index is 5.60. The molecule has 0 heterocycles. The fourth-order valence-corrected chi connectivity index (χ4v) is 0.419. The van der Waals surface area contributed by atoms with Gasteiger partial charge in [-0.15, -0.1) is 6.42 Å². The molecule has 1 heteroatoms. The van der Waals surface area contributed by atoms with Crippen molar-refractivity contribution in [2.24, 2.45) is 5.73 Å². The van der Waals surface area contributed by atoms with E-state index in [4.69, 9.17) is 12.2 Å². The van der Waals surface area contributed by atoms with Gasteiger partial charge in [0.15, 0.2) is 0 Å². The quantitative estimate of drug-likeness (QED) is 0.430. The molecule has 54 valence electrons. The topological polar surface area (TPSA) is 26.0 Å². The predicted octanol–water partition coefficient (Wildman–Crippen LogP) is 1.82. The van der Waals surface area contributed by atoms with Gasteiger partial charge in [-0.05, 0) is 26.8 Å². The molecule has 0 aliphatic carbocycles. The second-order valence-corrected chi connectivity index (χ2v) is 2.43. The molecule has 0 unspecified atom stereocenters. The van der Waals surface area contributed by atoms with E-state index in [0.29, 0.717) is 0 Å². The second kappa shape index (κ2) is 3.79. The Balaban J connectivity index is 4.47. The van der Waals surface area contributed by atoms with Crippen LogP contribution >= 0.6 is 0 Å². The second-order valence-electron chi connectivity index (χ2n) is 2.43. The van der Waals surface area contributed by atoms with Crippen molar-refractivity contribution < 1.29 is 0 Å². The molecule has 0 atom stereocenters. The molecule has 1 nitrogen and oxygen atoms in total. The van der Waals surface area contributed by atoms with E-state index in [1.807, 2.05) is 20.8 Å². The van der Waals surface area contributed by atoms with Crippen molar-refractivity contribution in [1.29, 1.82) is 0 Å². The average molecular weight is 135 g/mol. The summed E-state index contributed by atoms with van der Waals surface area (Å²) in [5, 5.41) is 0. The molecule has 0 aliphatic rings. The van der Waals surface area contributed by atoms with E-state index >= 15 is 0 Å². The summed E-state index contributed by atoms with van der Waals surface area (Å²) in [6.07, 6.45) is 6.92. The SMILES string of the molecule is C#C/C(C)=C\C(N)=C(C)C. The summed E-state index contributed by atoms with van der Waals surface area (Å²) in [7, 11) is 0. The zero-order chi connectivity index (χ0) is 8.15. The Hall–Kier alpha value is -1.16. The number of hydrogen-bond acceptors (Lipinski definition) is 1. The number of allylic oxidation sites excluding steroid dienone is 3. The van der Waals surface area contributed by atoms with Crippen LogP contribution in [0.1, 0.15) is 20.8 Å². The lowest BCUT2D eigenvalue weighted by atomic mass is 10.2. The van der Waals surface area contributed by atoms with Gasteiger partial charge >= 0.3 is 0 Å². The highest BCUT2D eigenvalue weighted by Gasteiger charge is 1.87. The molecule has 0 saturated heterocycles. The molecule has 2 N–H and O–H groups in total. The van der Waals surface area contributed by atoms with Gasteiger partial charge < -0.3 is 5.73 Å². The van der Waals surface area contributed by atoms with Crippen molar-refractivity contribution in [3.63, 3.8) is 0 Å². The van der Waals surface area contributed by atoms with Crippen LogP contribution in [0.3, 0.4) is 0 Å². The molecule has 0 spiro atoms. The Morgan fingerprint density at radius 2 is 1.90 bits per heavy atom. The van der Waals surface area contributed by atoms with E-state index in [2.05, 4.69) is 5.92 Å². The lowest BCUT2D eigenvalue weighted by molar-refractivity contribution is 1.24. The normalized spacial score (nSPS) is 10.4. The number of terminal acetylenes is 1. The fraction of sp³-hybridized carbons (Fsp3) is 0.333. The molecule has 0 aromatic carbocycles. The molecule has 0 radical (unpaired) electrons. The van der Waals surface area contributed by atoms with Gasteiger partial charge in [-0.1, -0.05) is 11.5 Å². The van der Waals surface area contributed by atoms with Gasteiger partial charge in [0.2, 0.25) is 0 Å². The Morgan fingerprint density at radius 1 is 1.40 bits per heavy atom. The van der Waals surface area contributed by atoms with Gasteiger partial charge in [0.1, 0.15) is 0 Å². The summed E-state index contributed by atoms with van der Waals surface area (Å²) >= 11 is 0. The molecule has 0 amide bonds. The number of hydrogen-bond donors (Lipinski definition) is 1. The highest BCUT2D eigenvalue weighted by Crippen LogP contribution is 2.00. The summed E-state index contributed by atoms with van der Waals surface area (Å²) in [6.45, 7) is 5.76. The third-order valence-corrected chi connectivity index (χ3v) is 1.18. The highest BCUT2D eigenvalue weighted by molar-refractivity contribution is 5.32. The van der Waals surface area contributed by atoms with E-state index in [0.717, 1.165) is 16.8 Å². The smallest absolute Gasteiger partial charge is 0.0309 e. The van der Waals surface area contributed by atoms with Gasteiger partial charge in [-0.2, -0.15) is 0 Å². The van der Waals surface area contributed by atoms with E-state index in [1.165, 1.54) is 0 Å². The summed E-state index contributed by atoms with van der Waals surface area (Å²) < 4.78 is 0. The Labute approximate surface area is 62.6 Å². The fourth-order valence-electron chi connectivity index (χ4n) is 0.419. The predicted molar refractivity (Wildman–Crippen MR) is 45.2 cm³/mol. The van der Waals surface area contributed by atoms with E-state index < -0.39 is 0 Å². The summed E-state index contributed by atoms with van der Waals surface area (Å²) in [5.74, 6) is 2.50. The first-order valence-electron chi connectivity index (χ1n) is 3.15. The molecular formula is C9H13N.